The van der Waals surface area contributed by atoms with Crippen LogP contribution >= 0.6 is 11.3 Å². The molecule has 0 aliphatic carbocycles. The fourth-order valence-corrected chi connectivity index (χ4v) is 2.60. The van der Waals surface area contributed by atoms with Crippen molar-refractivity contribution in [2.24, 2.45) is 0 Å². The molecule has 1 aliphatic heterocycles. The minimum atomic E-state index is 0.334. The highest BCUT2D eigenvalue weighted by Gasteiger charge is 2.23. The molecule has 0 spiro atoms. The van der Waals surface area contributed by atoms with Crippen molar-refractivity contribution >= 4 is 16.5 Å². The topological polar surface area (TPSA) is 37.4 Å². The summed E-state index contributed by atoms with van der Waals surface area (Å²) in [7, 11) is 4.03. The monoisotopic (exact) mass is 241 g/mol. The van der Waals surface area contributed by atoms with Gasteiger partial charge in [-0.05, 0) is 13.3 Å². The van der Waals surface area contributed by atoms with Crippen LogP contribution in [0.4, 0.5) is 5.13 Å². The summed E-state index contributed by atoms with van der Waals surface area (Å²) in [5.41, 5.74) is 0. The number of anilines is 1. The molecule has 16 heavy (non-hydrogen) atoms. The molecule has 2 atom stereocenters. The Morgan fingerprint density at radius 1 is 1.62 bits per heavy atom. The molecule has 1 saturated heterocycles. The number of aromatic nitrogens is 1. The largest absolute Gasteiger partial charge is 0.377 e. The first-order valence-electron chi connectivity index (χ1n) is 5.64. The van der Waals surface area contributed by atoms with Gasteiger partial charge in [-0.15, -0.1) is 11.3 Å². The fraction of sp³-hybridized carbons (Fsp3) is 0.727. The molecule has 1 aromatic rings. The van der Waals surface area contributed by atoms with E-state index in [1.807, 2.05) is 25.2 Å². The van der Waals surface area contributed by atoms with Crippen LogP contribution in [-0.2, 0) is 11.3 Å². The zero-order chi connectivity index (χ0) is 11.5. The molecule has 4 nitrogen and oxygen atoms in total. The van der Waals surface area contributed by atoms with Crippen molar-refractivity contribution in [3.8, 4) is 0 Å². The third-order valence-corrected chi connectivity index (χ3v) is 4.00. The van der Waals surface area contributed by atoms with E-state index in [0.29, 0.717) is 12.1 Å². The molecule has 1 fully saturated rings. The van der Waals surface area contributed by atoms with E-state index in [9.17, 15) is 0 Å². The summed E-state index contributed by atoms with van der Waals surface area (Å²) in [6.45, 7) is 3.90. The second kappa shape index (κ2) is 5.12. The smallest absolute Gasteiger partial charge is 0.185 e. The maximum atomic E-state index is 5.51. The lowest BCUT2D eigenvalue weighted by molar-refractivity contribution is 0.113. The zero-order valence-electron chi connectivity index (χ0n) is 10.1. The van der Waals surface area contributed by atoms with E-state index in [1.54, 1.807) is 11.3 Å². The van der Waals surface area contributed by atoms with Gasteiger partial charge in [0, 0.05) is 44.4 Å². The molecular weight excluding hydrogens is 222 g/mol. The molecule has 5 heteroatoms. The third-order valence-electron chi connectivity index (χ3n) is 2.84. The van der Waals surface area contributed by atoms with Crippen LogP contribution in [0.3, 0.4) is 0 Å². The van der Waals surface area contributed by atoms with Crippen LogP contribution in [0.1, 0.15) is 18.2 Å². The molecule has 0 amide bonds. The van der Waals surface area contributed by atoms with Crippen LogP contribution in [-0.4, -0.2) is 37.8 Å². The zero-order valence-corrected chi connectivity index (χ0v) is 10.9. The number of hydrogen-bond donors (Lipinski definition) is 1. The Bertz CT molecular complexity index is 340. The minimum absolute atomic E-state index is 0.334. The van der Waals surface area contributed by atoms with E-state index < -0.39 is 0 Å². The van der Waals surface area contributed by atoms with Gasteiger partial charge in [0.05, 0.1) is 6.10 Å². The van der Waals surface area contributed by atoms with Gasteiger partial charge in [0.2, 0.25) is 0 Å². The van der Waals surface area contributed by atoms with Crippen molar-refractivity contribution < 1.29 is 4.74 Å². The summed E-state index contributed by atoms with van der Waals surface area (Å²) < 4.78 is 5.51. The first-order valence-corrected chi connectivity index (χ1v) is 6.45. The van der Waals surface area contributed by atoms with Gasteiger partial charge in [-0.3, -0.25) is 0 Å². The van der Waals surface area contributed by atoms with Gasteiger partial charge < -0.3 is 15.0 Å². The number of nitrogens with zero attached hydrogens (tertiary/aromatic N) is 2. The van der Waals surface area contributed by atoms with E-state index in [2.05, 4.69) is 17.2 Å². The normalized spacial score (nSPS) is 24.9. The Hall–Kier alpha value is -0.650. The molecule has 90 valence electrons. The van der Waals surface area contributed by atoms with E-state index in [0.717, 1.165) is 24.7 Å². The third kappa shape index (κ3) is 2.72. The first kappa shape index (κ1) is 11.8. The Labute approximate surface area is 101 Å². The number of hydrogen-bond acceptors (Lipinski definition) is 5. The Kier molecular flexibility index (Phi) is 3.78. The maximum absolute atomic E-state index is 5.51. The molecule has 0 saturated carbocycles. The summed E-state index contributed by atoms with van der Waals surface area (Å²) in [6.07, 6.45) is 3.40. The number of rotatable bonds is 4. The summed E-state index contributed by atoms with van der Waals surface area (Å²) in [6, 6.07) is 0.491. The van der Waals surface area contributed by atoms with Crippen molar-refractivity contribution in [3.63, 3.8) is 0 Å². The van der Waals surface area contributed by atoms with Crippen LogP contribution in [0, 0.1) is 0 Å². The summed E-state index contributed by atoms with van der Waals surface area (Å²) in [5, 5.41) is 4.59. The van der Waals surface area contributed by atoms with Gasteiger partial charge in [0.1, 0.15) is 0 Å². The second-order valence-electron chi connectivity index (χ2n) is 4.36. The van der Waals surface area contributed by atoms with E-state index in [-0.39, 0.29) is 0 Å². The van der Waals surface area contributed by atoms with E-state index >= 15 is 0 Å². The molecule has 1 aromatic heterocycles. The summed E-state index contributed by atoms with van der Waals surface area (Å²) in [4.78, 5) is 7.67. The van der Waals surface area contributed by atoms with E-state index in [4.69, 9.17) is 4.74 Å². The number of nitrogens with one attached hydrogen (secondary N) is 1. The van der Waals surface area contributed by atoms with Crippen LogP contribution in [0.25, 0.3) is 0 Å². The number of ether oxygens (including phenoxy) is 1. The molecule has 1 N–H and O–H groups in total. The second-order valence-corrected chi connectivity index (χ2v) is 5.45. The highest BCUT2D eigenvalue weighted by molar-refractivity contribution is 7.15. The quantitative estimate of drug-likeness (QED) is 0.866. The predicted octanol–water partition coefficient (Wildman–Crippen LogP) is 1.48. The molecule has 1 aliphatic rings. The lowest BCUT2D eigenvalue weighted by Gasteiger charge is -2.14. The Morgan fingerprint density at radius 3 is 3.00 bits per heavy atom. The highest BCUT2D eigenvalue weighted by atomic mass is 32.1. The van der Waals surface area contributed by atoms with Crippen molar-refractivity contribution in [1.29, 1.82) is 0 Å². The molecule has 0 bridgehead atoms. The van der Waals surface area contributed by atoms with Crippen LogP contribution < -0.4 is 10.2 Å². The van der Waals surface area contributed by atoms with E-state index in [1.165, 1.54) is 4.88 Å². The Morgan fingerprint density at radius 2 is 2.44 bits per heavy atom. The van der Waals surface area contributed by atoms with Crippen LogP contribution in [0.5, 0.6) is 0 Å². The van der Waals surface area contributed by atoms with Crippen molar-refractivity contribution in [2.75, 3.05) is 25.6 Å². The van der Waals surface area contributed by atoms with Crippen molar-refractivity contribution in [1.82, 2.24) is 10.3 Å². The molecule has 2 unspecified atom stereocenters. The summed E-state index contributed by atoms with van der Waals surface area (Å²) in [5.74, 6) is 0. The van der Waals surface area contributed by atoms with Crippen molar-refractivity contribution in [2.45, 2.75) is 32.0 Å². The lowest BCUT2D eigenvalue weighted by atomic mass is 10.1. The van der Waals surface area contributed by atoms with Crippen LogP contribution in [0.2, 0.25) is 0 Å². The average molecular weight is 241 g/mol. The van der Waals surface area contributed by atoms with Crippen LogP contribution in [0.15, 0.2) is 6.20 Å². The molecule has 2 heterocycles. The van der Waals surface area contributed by atoms with Gasteiger partial charge in [-0.2, -0.15) is 0 Å². The Balaban J connectivity index is 1.84. The van der Waals surface area contributed by atoms with Gasteiger partial charge >= 0.3 is 0 Å². The van der Waals surface area contributed by atoms with Gasteiger partial charge in [-0.1, -0.05) is 0 Å². The molecule has 0 aromatic carbocycles. The van der Waals surface area contributed by atoms with Gasteiger partial charge in [0.25, 0.3) is 0 Å². The number of thiazole rings is 1. The summed E-state index contributed by atoms with van der Waals surface area (Å²) >= 11 is 1.74. The van der Waals surface area contributed by atoms with Gasteiger partial charge in [-0.25, -0.2) is 4.98 Å². The highest BCUT2D eigenvalue weighted by Crippen LogP contribution is 2.21. The molecule has 2 rings (SSSR count). The fourth-order valence-electron chi connectivity index (χ4n) is 1.82. The van der Waals surface area contributed by atoms with Gasteiger partial charge in [0.15, 0.2) is 5.13 Å². The molecular formula is C11H19N3OS. The molecule has 0 radical (unpaired) electrons. The predicted molar refractivity (Wildman–Crippen MR) is 67.1 cm³/mol. The van der Waals surface area contributed by atoms with Crippen molar-refractivity contribution in [3.05, 3.63) is 11.1 Å². The average Bonchev–Trinajstić information content (AvgIpc) is 2.83. The lowest BCUT2D eigenvalue weighted by Crippen LogP contribution is -2.33. The SMILES string of the molecule is CC1OCCC1NCc1cnc(N(C)C)s1. The first-order chi connectivity index (χ1) is 7.66. The maximum Gasteiger partial charge on any atom is 0.185 e. The minimum Gasteiger partial charge on any atom is -0.377 e. The standard InChI is InChI=1S/C11H19N3OS/c1-8-10(4-5-15-8)12-6-9-7-13-11(16-9)14(2)3/h7-8,10,12H,4-6H2,1-3H3.